The average Bonchev–Trinajstić information content (AvgIpc) is 3.37. The van der Waals surface area contributed by atoms with Gasteiger partial charge in [-0.15, -0.1) is 0 Å². The molecule has 0 saturated heterocycles. The highest BCUT2D eigenvalue weighted by atomic mass is 35.5. The maximum atomic E-state index is 12.8. The van der Waals surface area contributed by atoms with E-state index in [9.17, 15) is 4.79 Å². The van der Waals surface area contributed by atoms with Crippen LogP contribution in [0.5, 0.6) is 0 Å². The Morgan fingerprint density at radius 3 is 2.62 bits per heavy atom. The minimum atomic E-state index is -0.305. The number of amides is 1. The van der Waals surface area contributed by atoms with E-state index < -0.39 is 0 Å². The van der Waals surface area contributed by atoms with E-state index in [1.807, 2.05) is 84.3 Å². The SMILES string of the molecule is Cc1nn(-c2ccccc2)c(Cl)c1C=NNC(=O)Cn1c(-c2ccccn2)nc2ccccc21. The van der Waals surface area contributed by atoms with Gasteiger partial charge in [-0.3, -0.25) is 9.78 Å². The van der Waals surface area contributed by atoms with Crippen molar-refractivity contribution in [2.45, 2.75) is 13.5 Å². The van der Waals surface area contributed by atoms with Gasteiger partial charge in [0.25, 0.3) is 5.91 Å². The van der Waals surface area contributed by atoms with Crippen molar-refractivity contribution >= 4 is 34.8 Å². The molecule has 0 aliphatic heterocycles. The minimum absolute atomic E-state index is 0.0275. The van der Waals surface area contributed by atoms with Gasteiger partial charge in [-0.25, -0.2) is 15.1 Å². The summed E-state index contributed by atoms with van der Waals surface area (Å²) in [6, 6.07) is 22.8. The van der Waals surface area contributed by atoms with Crippen molar-refractivity contribution in [2.24, 2.45) is 5.10 Å². The smallest absolute Gasteiger partial charge is 0.260 e. The molecule has 5 aromatic rings. The summed E-state index contributed by atoms with van der Waals surface area (Å²) < 4.78 is 3.46. The number of imidazole rings is 1. The zero-order valence-corrected chi connectivity index (χ0v) is 19.0. The Balaban J connectivity index is 1.37. The number of hydrogen-bond acceptors (Lipinski definition) is 5. The highest BCUT2D eigenvalue weighted by Gasteiger charge is 2.16. The van der Waals surface area contributed by atoms with Crippen molar-refractivity contribution in [1.29, 1.82) is 0 Å². The molecule has 0 atom stereocenters. The molecule has 168 valence electrons. The van der Waals surface area contributed by atoms with Crippen LogP contribution in [0, 0.1) is 6.92 Å². The summed E-state index contributed by atoms with van der Waals surface area (Å²) >= 11 is 6.53. The van der Waals surface area contributed by atoms with Crippen molar-refractivity contribution in [3.05, 3.63) is 95.4 Å². The van der Waals surface area contributed by atoms with Crippen LogP contribution in [0.3, 0.4) is 0 Å². The van der Waals surface area contributed by atoms with Crippen LogP contribution < -0.4 is 5.43 Å². The maximum Gasteiger partial charge on any atom is 0.260 e. The van der Waals surface area contributed by atoms with Gasteiger partial charge < -0.3 is 4.57 Å². The number of carbonyl (C=O) groups is 1. The van der Waals surface area contributed by atoms with Crippen LogP contribution >= 0.6 is 11.6 Å². The van der Waals surface area contributed by atoms with Gasteiger partial charge in [0.15, 0.2) is 5.82 Å². The van der Waals surface area contributed by atoms with Gasteiger partial charge in [-0.05, 0) is 43.3 Å². The number of aromatic nitrogens is 5. The first kappa shape index (κ1) is 21.5. The summed E-state index contributed by atoms with van der Waals surface area (Å²) in [6.07, 6.45) is 3.21. The van der Waals surface area contributed by atoms with E-state index in [0.717, 1.165) is 16.7 Å². The highest BCUT2D eigenvalue weighted by Crippen LogP contribution is 2.24. The molecule has 0 radical (unpaired) electrons. The summed E-state index contributed by atoms with van der Waals surface area (Å²) in [5.74, 6) is 0.310. The van der Waals surface area contributed by atoms with Crippen molar-refractivity contribution < 1.29 is 4.79 Å². The molecule has 0 aliphatic rings. The normalized spacial score (nSPS) is 11.4. The molecule has 8 nitrogen and oxygen atoms in total. The molecular formula is C25H20ClN7O. The predicted octanol–water partition coefficient (Wildman–Crippen LogP) is 4.40. The molecule has 2 aromatic carbocycles. The lowest BCUT2D eigenvalue weighted by Crippen LogP contribution is -2.23. The predicted molar refractivity (Wildman–Crippen MR) is 132 cm³/mol. The number of carbonyl (C=O) groups excluding carboxylic acids is 1. The van der Waals surface area contributed by atoms with E-state index >= 15 is 0 Å². The molecule has 0 aliphatic carbocycles. The molecule has 3 aromatic heterocycles. The molecule has 0 spiro atoms. The van der Waals surface area contributed by atoms with E-state index in [-0.39, 0.29) is 12.5 Å². The molecular weight excluding hydrogens is 450 g/mol. The number of aryl methyl sites for hydroxylation is 1. The van der Waals surface area contributed by atoms with E-state index in [1.54, 1.807) is 10.9 Å². The number of halogens is 1. The molecule has 0 fully saturated rings. The number of para-hydroxylation sites is 3. The maximum absolute atomic E-state index is 12.8. The number of hydrogen-bond donors (Lipinski definition) is 1. The van der Waals surface area contributed by atoms with E-state index in [2.05, 4.69) is 25.6 Å². The summed E-state index contributed by atoms with van der Waals surface area (Å²) in [7, 11) is 0. The lowest BCUT2D eigenvalue weighted by Gasteiger charge is -2.07. The van der Waals surface area contributed by atoms with Crippen LogP contribution in [0.2, 0.25) is 5.15 Å². The fourth-order valence-electron chi connectivity index (χ4n) is 3.67. The van der Waals surface area contributed by atoms with E-state index in [4.69, 9.17) is 11.6 Å². The van der Waals surface area contributed by atoms with Crippen molar-refractivity contribution in [1.82, 2.24) is 29.7 Å². The first-order valence-electron chi connectivity index (χ1n) is 10.6. The number of rotatable bonds is 6. The molecule has 1 N–H and O–H groups in total. The molecule has 5 rings (SSSR count). The molecule has 34 heavy (non-hydrogen) atoms. The van der Waals surface area contributed by atoms with Crippen LogP contribution in [0.25, 0.3) is 28.2 Å². The Kier molecular flexibility index (Phi) is 5.88. The van der Waals surface area contributed by atoms with Gasteiger partial charge >= 0.3 is 0 Å². The Bertz CT molecular complexity index is 1490. The Morgan fingerprint density at radius 2 is 1.82 bits per heavy atom. The molecule has 1 amide bonds. The topological polar surface area (TPSA) is 90.0 Å². The van der Waals surface area contributed by atoms with Gasteiger partial charge in [-0.1, -0.05) is 48.0 Å². The largest absolute Gasteiger partial charge is 0.313 e. The van der Waals surface area contributed by atoms with Crippen LogP contribution in [0.4, 0.5) is 0 Å². The van der Waals surface area contributed by atoms with E-state index in [1.165, 1.54) is 6.21 Å². The number of fused-ring (bicyclic) bond motifs is 1. The van der Waals surface area contributed by atoms with Crippen LogP contribution in [-0.4, -0.2) is 36.4 Å². The Hall–Kier alpha value is -4.30. The zero-order valence-electron chi connectivity index (χ0n) is 18.3. The fourth-order valence-corrected chi connectivity index (χ4v) is 3.99. The zero-order chi connectivity index (χ0) is 23.5. The van der Waals surface area contributed by atoms with Crippen LogP contribution in [0.1, 0.15) is 11.3 Å². The van der Waals surface area contributed by atoms with Crippen molar-refractivity contribution in [2.75, 3.05) is 0 Å². The second-order valence-corrected chi connectivity index (χ2v) is 7.91. The van der Waals surface area contributed by atoms with Gasteiger partial charge in [0.2, 0.25) is 0 Å². The van der Waals surface area contributed by atoms with E-state index in [0.29, 0.717) is 27.9 Å². The first-order chi connectivity index (χ1) is 16.6. The second kappa shape index (κ2) is 9.29. The summed E-state index contributed by atoms with van der Waals surface area (Å²) in [5.41, 5.74) is 7.07. The van der Waals surface area contributed by atoms with Gasteiger partial charge in [0.05, 0.1) is 34.2 Å². The molecule has 0 bridgehead atoms. The third-order valence-corrected chi connectivity index (χ3v) is 5.65. The number of nitrogens with one attached hydrogen (secondary N) is 1. The van der Waals surface area contributed by atoms with Crippen LogP contribution in [-0.2, 0) is 11.3 Å². The summed E-state index contributed by atoms with van der Waals surface area (Å²) in [6.45, 7) is 1.87. The van der Waals surface area contributed by atoms with Gasteiger partial charge in [-0.2, -0.15) is 10.2 Å². The fraction of sp³-hybridized carbons (Fsp3) is 0.0800. The lowest BCUT2D eigenvalue weighted by molar-refractivity contribution is -0.121. The lowest BCUT2D eigenvalue weighted by atomic mass is 10.3. The number of pyridine rings is 1. The Labute approximate surface area is 200 Å². The molecule has 9 heteroatoms. The minimum Gasteiger partial charge on any atom is -0.313 e. The molecule has 3 heterocycles. The van der Waals surface area contributed by atoms with Crippen molar-refractivity contribution in [3.63, 3.8) is 0 Å². The van der Waals surface area contributed by atoms with Crippen LogP contribution in [0.15, 0.2) is 84.1 Å². The third-order valence-electron chi connectivity index (χ3n) is 5.28. The standard InChI is InChI=1S/C25H20ClN7O/c1-17-19(24(26)33(31-17)18-9-3-2-4-10-18)15-28-30-23(34)16-32-22-13-6-5-11-20(22)29-25(32)21-12-7-8-14-27-21/h2-15H,16H2,1H3,(H,30,34). The summed E-state index contributed by atoms with van der Waals surface area (Å²) in [5, 5.41) is 9.02. The van der Waals surface area contributed by atoms with Gasteiger partial charge in [0, 0.05) is 6.20 Å². The van der Waals surface area contributed by atoms with Crippen molar-refractivity contribution in [3.8, 4) is 17.2 Å². The highest BCUT2D eigenvalue weighted by molar-refractivity contribution is 6.32. The number of hydrazone groups is 1. The average molecular weight is 470 g/mol. The monoisotopic (exact) mass is 469 g/mol. The van der Waals surface area contributed by atoms with Gasteiger partial charge in [0.1, 0.15) is 17.4 Å². The quantitative estimate of drug-likeness (QED) is 0.295. The molecule has 0 unspecified atom stereocenters. The summed E-state index contributed by atoms with van der Waals surface area (Å²) in [4.78, 5) is 21.8. The number of benzene rings is 2. The number of nitrogens with zero attached hydrogens (tertiary/aromatic N) is 6. The first-order valence-corrected chi connectivity index (χ1v) is 11.0. The molecule has 0 saturated carbocycles. The Morgan fingerprint density at radius 1 is 1.06 bits per heavy atom. The second-order valence-electron chi connectivity index (χ2n) is 7.56. The third kappa shape index (κ3) is 4.18.